The maximum atomic E-state index is 11.1. The summed E-state index contributed by atoms with van der Waals surface area (Å²) >= 11 is 0. The van der Waals surface area contributed by atoms with Crippen molar-refractivity contribution < 1.29 is 24.5 Å². The minimum atomic E-state index is -0.854. The van der Waals surface area contributed by atoms with Gasteiger partial charge in [-0.25, -0.2) is 0 Å². The first-order valence-corrected chi connectivity index (χ1v) is 7.03. The van der Waals surface area contributed by atoms with Crippen LogP contribution < -0.4 is 14.8 Å². The lowest BCUT2D eigenvalue weighted by atomic mass is 10.2. The Balaban J connectivity index is 1.87. The van der Waals surface area contributed by atoms with Crippen LogP contribution in [0.25, 0.3) is 0 Å². The van der Waals surface area contributed by atoms with E-state index in [0.29, 0.717) is 24.0 Å². The standard InChI is InChI=1S/C15H21NO5/c1-20-14-8-10(9-17)2-5-13(14)21-7-6-12(15(18)19)16-11-3-4-11/h2,5,8,11-12,16-17H,3-4,6-7,9H2,1H3,(H,18,19). The summed E-state index contributed by atoms with van der Waals surface area (Å²) in [6.07, 6.45) is 2.47. The first-order chi connectivity index (χ1) is 10.1. The van der Waals surface area contributed by atoms with Crippen LogP contribution in [0.2, 0.25) is 0 Å². The van der Waals surface area contributed by atoms with Gasteiger partial charge in [-0.2, -0.15) is 0 Å². The van der Waals surface area contributed by atoms with Gasteiger partial charge < -0.3 is 25.0 Å². The minimum absolute atomic E-state index is 0.0664. The quantitative estimate of drug-likeness (QED) is 0.633. The summed E-state index contributed by atoms with van der Waals surface area (Å²) in [5.74, 6) is 0.224. The molecule has 1 aliphatic rings. The van der Waals surface area contributed by atoms with E-state index in [4.69, 9.17) is 19.7 Å². The van der Waals surface area contributed by atoms with Crippen molar-refractivity contribution in [1.82, 2.24) is 5.32 Å². The minimum Gasteiger partial charge on any atom is -0.493 e. The highest BCUT2D eigenvalue weighted by atomic mass is 16.5. The fraction of sp³-hybridized carbons (Fsp3) is 0.533. The van der Waals surface area contributed by atoms with Crippen LogP contribution in [0.3, 0.4) is 0 Å². The zero-order chi connectivity index (χ0) is 15.2. The highest BCUT2D eigenvalue weighted by Crippen LogP contribution is 2.28. The Bertz CT molecular complexity index is 487. The van der Waals surface area contributed by atoms with E-state index < -0.39 is 12.0 Å². The van der Waals surface area contributed by atoms with Gasteiger partial charge in [0, 0.05) is 12.5 Å². The van der Waals surface area contributed by atoms with Crippen LogP contribution in [0.1, 0.15) is 24.8 Å². The second-order valence-corrected chi connectivity index (χ2v) is 5.11. The summed E-state index contributed by atoms with van der Waals surface area (Å²) in [6, 6.07) is 4.92. The number of methoxy groups -OCH3 is 1. The summed E-state index contributed by atoms with van der Waals surface area (Å²) in [5, 5.41) is 21.3. The summed E-state index contributed by atoms with van der Waals surface area (Å²) in [7, 11) is 1.53. The van der Waals surface area contributed by atoms with Gasteiger partial charge >= 0.3 is 5.97 Å². The van der Waals surface area contributed by atoms with E-state index in [1.807, 2.05) is 0 Å². The summed E-state index contributed by atoms with van der Waals surface area (Å²) < 4.78 is 10.8. The van der Waals surface area contributed by atoms with Gasteiger partial charge in [0.25, 0.3) is 0 Å². The third kappa shape index (κ3) is 4.61. The molecule has 0 radical (unpaired) electrons. The van der Waals surface area contributed by atoms with Gasteiger partial charge in [-0.15, -0.1) is 0 Å². The number of ether oxygens (including phenoxy) is 2. The van der Waals surface area contributed by atoms with E-state index in [-0.39, 0.29) is 13.2 Å². The number of aliphatic carboxylic acids is 1. The van der Waals surface area contributed by atoms with Gasteiger partial charge in [0.15, 0.2) is 11.5 Å². The molecule has 6 nitrogen and oxygen atoms in total. The molecule has 1 fully saturated rings. The third-order valence-corrected chi connectivity index (χ3v) is 3.39. The molecule has 21 heavy (non-hydrogen) atoms. The predicted octanol–water partition coefficient (Wildman–Crippen LogP) is 1.16. The van der Waals surface area contributed by atoms with Crippen molar-refractivity contribution in [3.8, 4) is 11.5 Å². The molecule has 0 saturated heterocycles. The van der Waals surface area contributed by atoms with E-state index in [0.717, 1.165) is 18.4 Å². The van der Waals surface area contributed by atoms with Crippen molar-refractivity contribution in [1.29, 1.82) is 0 Å². The smallest absolute Gasteiger partial charge is 0.320 e. The number of carboxylic acid groups (broad SMARTS) is 1. The largest absolute Gasteiger partial charge is 0.493 e. The highest BCUT2D eigenvalue weighted by molar-refractivity contribution is 5.73. The molecule has 116 valence electrons. The van der Waals surface area contributed by atoms with Crippen LogP contribution in [0.5, 0.6) is 11.5 Å². The van der Waals surface area contributed by atoms with Gasteiger partial charge in [0.05, 0.1) is 20.3 Å². The summed E-state index contributed by atoms with van der Waals surface area (Å²) in [5.41, 5.74) is 0.734. The van der Waals surface area contributed by atoms with Crippen molar-refractivity contribution in [2.75, 3.05) is 13.7 Å². The molecule has 6 heteroatoms. The van der Waals surface area contributed by atoms with Crippen molar-refractivity contribution >= 4 is 5.97 Å². The van der Waals surface area contributed by atoms with Crippen LogP contribution in [0.15, 0.2) is 18.2 Å². The molecule has 3 N–H and O–H groups in total. The molecule has 1 saturated carbocycles. The van der Waals surface area contributed by atoms with Crippen LogP contribution in [0, 0.1) is 0 Å². The zero-order valence-electron chi connectivity index (χ0n) is 12.0. The predicted molar refractivity (Wildman–Crippen MR) is 76.6 cm³/mol. The lowest BCUT2D eigenvalue weighted by Gasteiger charge is -2.16. The van der Waals surface area contributed by atoms with E-state index in [9.17, 15) is 4.79 Å². The van der Waals surface area contributed by atoms with Gasteiger partial charge in [0.2, 0.25) is 0 Å². The number of aliphatic hydroxyl groups is 1. The second-order valence-electron chi connectivity index (χ2n) is 5.11. The van der Waals surface area contributed by atoms with Crippen LogP contribution in [-0.4, -0.2) is 42.0 Å². The van der Waals surface area contributed by atoms with Crippen molar-refractivity contribution in [3.05, 3.63) is 23.8 Å². The molecule has 2 rings (SSSR count). The maximum Gasteiger partial charge on any atom is 0.320 e. The molecule has 1 aromatic carbocycles. The molecule has 0 amide bonds. The van der Waals surface area contributed by atoms with Crippen LogP contribution >= 0.6 is 0 Å². The summed E-state index contributed by atoms with van der Waals surface area (Å²) in [6.45, 7) is 0.217. The lowest BCUT2D eigenvalue weighted by molar-refractivity contribution is -0.139. The Kier molecular flexibility index (Phi) is 5.41. The number of benzene rings is 1. The molecular formula is C15H21NO5. The molecule has 1 aliphatic carbocycles. The number of aliphatic hydroxyl groups excluding tert-OH is 1. The van der Waals surface area contributed by atoms with E-state index in [1.54, 1.807) is 18.2 Å². The highest BCUT2D eigenvalue weighted by Gasteiger charge is 2.28. The monoisotopic (exact) mass is 295 g/mol. The van der Waals surface area contributed by atoms with Gasteiger partial charge in [-0.1, -0.05) is 6.07 Å². The molecule has 0 spiro atoms. The Morgan fingerprint density at radius 3 is 2.76 bits per heavy atom. The van der Waals surface area contributed by atoms with Crippen molar-refractivity contribution in [2.45, 2.75) is 38.0 Å². The lowest BCUT2D eigenvalue weighted by Crippen LogP contribution is -2.39. The SMILES string of the molecule is COc1cc(CO)ccc1OCCC(NC1CC1)C(=O)O. The normalized spacial score (nSPS) is 15.5. The molecule has 0 aromatic heterocycles. The molecular weight excluding hydrogens is 274 g/mol. The average molecular weight is 295 g/mol. The molecule has 1 unspecified atom stereocenters. The Morgan fingerprint density at radius 1 is 1.43 bits per heavy atom. The number of hydrogen-bond donors (Lipinski definition) is 3. The molecule has 0 bridgehead atoms. The Labute approximate surface area is 123 Å². The van der Waals surface area contributed by atoms with Gasteiger partial charge in [-0.3, -0.25) is 4.79 Å². The van der Waals surface area contributed by atoms with E-state index in [2.05, 4.69) is 5.32 Å². The Morgan fingerprint density at radius 2 is 2.19 bits per heavy atom. The fourth-order valence-corrected chi connectivity index (χ4v) is 2.03. The molecule has 1 aromatic rings. The number of carboxylic acids is 1. The Hall–Kier alpha value is -1.79. The molecule has 0 heterocycles. The first-order valence-electron chi connectivity index (χ1n) is 7.03. The summed E-state index contributed by atoms with van der Waals surface area (Å²) in [4.78, 5) is 11.1. The molecule has 1 atom stereocenters. The van der Waals surface area contributed by atoms with Crippen molar-refractivity contribution in [3.63, 3.8) is 0 Å². The van der Waals surface area contributed by atoms with E-state index in [1.165, 1.54) is 7.11 Å². The third-order valence-electron chi connectivity index (χ3n) is 3.39. The second kappa shape index (κ2) is 7.28. The van der Waals surface area contributed by atoms with E-state index >= 15 is 0 Å². The maximum absolute atomic E-state index is 11.1. The van der Waals surface area contributed by atoms with Crippen LogP contribution in [0.4, 0.5) is 0 Å². The zero-order valence-corrected chi connectivity index (χ0v) is 12.0. The topological polar surface area (TPSA) is 88.0 Å². The van der Waals surface area contributed by atoms with Crippen molar-refractivity contribution in [2.24, 2.45) is 0 Å². The average Bonchev–Trinajstić information content (AvgIpc) is 3.30. The first kappa shape index (κ1) is 15.6. The fourth-order valence-electron chi connectivity index (χ4n) is 2.03. The van der Waals surface area contributed by atoms with Gasteiger partial charge in [0.1, 0.15) is 6.04 Å². The number of carbonyl (C=O) groups is 1. The van der Waals surface area contributed by atoms with Gasteiger partial charge in [-0.05, 0) is 30.5 Å². The molecule has 0 aliphatic heterocycles. The van der Waals surface area contributed by atoms with Crippen LogP contribution in [-0.2, 0) is 11.4 Å². The number of hydrogen-bond acceptors (Lipinski definition) is 5. The number of nitrogens with one attached hydrogen (secondary N) is 1. The number of rotatable bonds is 9.